The quantitative estimate of drug-likeness (QED) is 0.423. The molecular formula is C5H9NO4. The number of aliphatic hydroxyl groups excluding tert-OH is 1. The van der Waals surface area contributed by atoms with Crippen molar-refractivity contribution < 1.29 is 19.8 Å². The second-order valence-electron chi connectivity index (χ2n) is 1.16. The van der Waals surface area contributed by atoms with Crippen LogP contribution in [0.25, 0.3) is 0 Å². The number of carboxylic acids is 1. The van der Waals surface area contributed by atoms with Gasteiger partial charge in [-0.3, -0.25) is 4.79 Å². The number of nitrogens with two attached hydrogens (primary N) is 1. The van der Waals surface area contributed by atoms with Crippen molar-refractivity contribution in [3.05, 3.63) is 12.7 Å². The summed E-state index contributed by atoms with van der Waals surface area (Å²) in [6, 6.07) is 0. The fourth-order valence-electron chi connectivity index (χ4n) is 0. The van der Waals surface area contributed by atoms with Gasteiger partial charge in [-0.1, -0.05) is 6.58 Å². The molecule has 0 saturated carbocycles. The molecular weight excluding hydrogens is 138 g/mol. The minimum atomic E-state index is -1.19. The van der Waals surface area contributed by atoms with Gasteiger partial charge in [0.25, 0.3) is 0 Å². The summed E-state index contributed by atoms with van der Waals surface area (Å²) < 4.78 is 0. The lowest BCUT2D eigenvalue weighted by molar-refractivity contribution is -0.140. The van der Waals surface area contributed by atoms with Crippen molar-refractivity contribution in [1.82, 2.24) is 0 Å². The Balaban J connectivity index is 0. The minimum Gasteiger partial charge on any atom is -0.480 e. The molecule has 58 valence electrons. The standard InChI is InChI=1S/C3H5NO.C2H4O3/c1-2-3(4)5;3-1-2(4)5/h2H,1H2,(H2,4,5);3H,1H2,(H,4,5). The summed E-state index contributed by atoms with van der Waals surface area (Å²) in [6.45, 7) is 2.31. The lowest BCUT2D eigenvalue weighted by atomic mass is 10.6. The maximum absolute atomic E-state index is 9.47. The lowest BCUT2D eigenvalue weighted by Crippen LogP contribution is -2.04. The fourth-order valence-corrected chi connectivity index (χ4v) is 0. The Morgan fingerprint density at radius 3 is 1.80 bits per heavy atom. The molecule has 4 N–H and O–H groups in total. The Hall–Kier alpha value is -1.36. The highest BCUT2D eigenvalue weighted by molar-refractivity contribution is 5.84. The van der Waals surface area contributed by atoms with E-state index < -0.39 is 18.5 Å². The zero-order valence-electron chi connectivity index (χ0n) is 5.28. The third-order valence-electron chi connectivity index (χ3n) is 0.336. The van der Waals surface area contributed by atoms with Crippen LogP contribution in [0.2, 0.25) is 0 Å². The van der Waals surface area contributed by atoms with Crippen LogP contribution in [0.15, 0.2) is 12.7 Å². The number of rotatable bonds is 2. The highest BCUT2D eigenvalue weighted by atomic mass is 16.4. The first kappa shape index (κ1) is 11.4. The zero-order chi connectivity index (χ0) is 8.57. The van der Waals surface area contributed by atoms with E-state index in [0.717, 1.165) is 6.08 Å². The molecule has 0 saturated heterocycles. The van der Waals surface area contributed by atoms with E-state index >= 15 is 0 Å². The zero-order valence-corrected chi connectivity index (χ0v) is 5.28. The molecule has 0 aliphatic rings. The normalized spacial score (nSPS) is 6.90. The predicted octanol–water partition coefficient (Wildman–Crippen LogP) is -1.28. The molecule has 0 spiro atoms. The van der Waals surface area contributed by atoms with E-state index in [2.05, 4.69) is 12.3 Å². The van der Waals surface area contributed by atoms with Crippen molar-refractivity contribution in [3.63, 3.8) is 0 Å². The van der Waals surface area contributed by atoms with Crippen LogP contribution in [-0.4, -0.2) is 28.7 Å². The minimum absolute atomic E-state index is 0.481. The molecule has 1 amide bonds. The van der Waals surface area contributed by atoms with Gasteiger partial charge in [-0.2, -0.15) is 0 Å². The number of carbonyl (C=O) groups excluding carboxylic acids is 1. The average Bonchev–Trinajstić information content (AvgIpc) is 1.89. The van der Waals surface area contributed by atoms with Crippen LogP contribution in [0.4, 0.5) is 0 Å². The molecule has 5 nitrogen and oxygen atoms in total. The van der Waals surface area contributed by atoms with Crippen LogP contribution in [0.1, 0.15) is 0 Å². The first-order valence-electron chi connectivity index (χ1n) is 2.29. The first-order chi connectivity index (χ1) is 4.54. The molecule has 0 fully saturated rings. The molecule has 10 heavy (non-hydrogen) atoms. The van der Waals surface area contributed by atoms with Crippen LogP contribution in [0, 0.1) is 0 Å². The molecule has 0 unspecified atom stereocenters. The third-order valence-corrected chi connectivity index (χ3v) is 0.336. The van der Waals surface area contributed by atoms with Gasteiger partial charge in [-0.25, -0.2) is 4.79 Å². The number of primary amides is 1. The molecule has 0 rings (SSSR count). The molecule has 0 aliphatic carbocycles. The lowest BCUT2D eigenvalue weighted by Gasteiger charge is -1.72. The van der Waals surface area contributed by atoms with Gasteiger partial charge in [0.05, 0.1) is 0 Å². The average molecular weight is 147 g/mol. The highest BCUT2D eigenvalue weighted by Gasteiger charge is 1.82. The van der Waals surface area contributed by atoms with Crippen LogP contribution in [-0.2, 0) is 9.59 Å². The van der Waals surface area contributed by atoms with E-state index in [1.165, 1.54) is 0 Å². The van der Waals surface area contributed by atoms with Gasteiger partial charge in [-0.05, 0) is 6.08 Å². The fraction of sp³-hybridized carbons (Fsp3) is 0.200. The van der Waals surface area contributed by atoms with Crippen LogP contribution in [0.3, 0.4) is 0 Å². The smallest absolute Gasteiger partial charge is 0.329 e. The second kappa shape index (κ2) is 7.64. The third kappa shape index (κ3) is 30.3. The summed E-state index contributed by atoms with van der Waals surface area (Å²) in [5, 5.41) is 15.0. The highest BCUT2D eigenvalue weighted by Crippen LogP contribution is 1.49. The number of carbonyl (C=O) groups is 2. The molecule has 0 atom stereocenters. The summed E-state index contributed by atoms with van der Waals surface area (Å²) >= 11 is 0. The maximum Gasteiger partial charge on any atom is 0.329 e. The monoisotopic (exact) mass is 147 g/mol. The number of hydrogen-bond acceptors (Lipinski definition) is 3. The van der Waals surface area contributed by atoms with E-state index in [1.54, 1.807) is 0 Å². The molecule has 0 aromatic heterocycles. The van der Waals surface area contributed by atoms with Gasteiger partial charge in [0.15, 0.2) is 0 Å². The molecule has 0 heterocycles. The van der Waals surface area contributed by atoms with Crippen LogP contribution < -0.4 is 5.73 Å². The summed E-state index contributed by atoms with van der Waals surface area (Å²) in [6.07, 6.45) is 1.06. The number of hydrogen-bond donors (Lipinski definition) is 3. The number of aliphatic carboxylic acids is 1. The number of aliphatic hydroxyl groups is 1. The van der Waals surface area contributed by atoms with Crippen molar-refractivity contribution in [2.45, 2.75) is 0 Å². The molecule has 0 aromatic rings. The topological polar surface area (TPSA) is 101 Å². The van der Waals surface area contributed by atoms with Gasteiger partial charge in [0, 0.05) is 0 Å². The van der Waals surface area contributed by atoms with E-state index in [0.29, 0.717) is 0 Å². The Bertz CT molecular complexity index is 132. The van der Waals surface area contributed by atoms with E-state index in [1.807, 2.05) is 0 Å². The molecule has 0 bridgehead atoms. The maximum atomic E-state index is 9.47. The Morgan fingerprint density at radius 1 is 1.60 bits per heavy atom. The largest absolute Gasteiger partial charge is 0.480 e. The predicted molar refractivity (Wildman–Crippen MR) is 34.1 cm³/mol. The van der Waals surface area contributed by atoms with Crippen LogP contribution in [0.5, 0.6) is 0 Å². The van der Waals surface area contributed by atoms with E-state index in [4.69, 9.17) is 15.0 Å². The van der Waals surface area contributed by atoms with Crippen molar-refractivity contribution in [2.24, 2.45) is 5.73 Å². The van der Waals surface area contributed by atoms with E-state index in [9.17, 15) is 4.79 Å². The van der Waals surface area contributed by atoms with Crippen LogP contribution >= 0.6 is 0 Å². The van der Waals surface area contributed by atoms with Gasteiger partial charge < -0.3 is 15.9 Å². The van der Waals surface area contributed by atoms with Gasteiger partial charge >= 0.3 is 5.97 Å². The van der Waals surface area contributed by atoms with Crippen molar-refractivity contribution >= 4 is 11.9 Å². The summed E-state index contributed by atoms with van der Waals surface area (Å²) in [7, 11) is 0. The van der Waals surface area contributed by atoms with Crippen molar-refractivity contribution in [2.75, 3.05) is 6.61 Å². The molecule has 0 aromatic carbocycles. The summed E-state index contributed by atoms with van der Waals surface area (Å²) in [5.74, 6) is -1.67. The number of carboxylic acid groups (broad SMARTS) is 1. The van der Waals surface area contributed by atoms with Gasteiger partial charge in [-0.15, -0.1) is 0 Å². The summed E-state index contributed by atoms with van der Waals surface area (Å²) in [4.78, 5) is 18.6. The van der Waals surface area contributed by atoms with Gasteiger partial charge in [0.2, 0.25) is 5.91 Å². The van der Waals surface area contributed by atoms with Crippen molar-refractivity contribution in [3.8, 4) is 0 Å². The second-order valence-corrected chi connectivity index (χ2v) is 1.16. The molecule has 0 aliphatic heterocycles. The number of amides is 1. The van der Waals surface area contributed by atoms with Gasteiger partial charge in [0.1, 0.15) is 6.61 Å². The van der Waals surface area contributed by atoms with Crippen molar-refractivity contribution in [1.29, 1.82) is 0 Å². The summed E-state index contributed by atoms with van der Waals surface area (Å²) in [5.41, 5.74) is 4.53. The van der Waals surface area contributed by atoms with E-state index in [-0.39, 0.29) is 0 Å². The Labute approximate surface area is 57.8 Å². The Kier molecular flexibility index (Phi) is 8.74. The SMILES string of the molecule is C=CC(N)=O.O=C(O)CO. The molecule has 0 radical (unpaired) electrons. The Morgan fingerprint density at radius 2 is 1.80 bits per heavy atom. The first-order valence-corrected chi connectivity index (χ1v) is 2.29. The molecule has 5 heteroatoms.